The summed E-state index contributed by atoms with van der Waals surface area (Å²) in [4.78, 5) is 24.0. The standard InChI is InChI=1S/C16H18N2O4/c1-2-12(10-19)17-15(20)11-5-3-6-13(9-11)18-16(21)14-7-4-8-22-14/h3-9,12,19H,2,10H2,1H3,(H,17,20)(H,18,21). The van der Waals surface area contributed by atoms with E-state index in [-0.39, 0.29) is 30.2 Å². The Morgan fingerprint density at radius 1 is 1.23 bits per heavy atom. The first-order valence-electron chi connectivity index (χ1n) is 7.00. The van der Waals surface area contributed by atoms with Gasteiger partial charge in [-0.1, -0.05) is 13.0 Å². The number of anilines is 1. The van der Waals surface area contributed by atoms with Crippen LogP contribution < -0.4 is 10.6 Å². The molecule has 0 saturated carbocycles. The third-order valence-corrected chi connectivity index (χ3v) is 3.18. The van der Waals surface area contributed by atoms with Gasteiger partial charge in [-0.2, -0.15) is 0 Å². The summed E-state index contributed by atoms with van der Waals surface area (Å²) in [5.74, 6) is -0.486. The van der Waals surface area contributed by atoms with Gasteiger partial charge >= 0.3 is 0 Å². The van der Waals surface area contributed by atoms with Crippen LogP contribution in [0.4, 0.5) is 5.69 Å². The van der Waals surface area contributed by atoms with Gasteiger partial charge in [0.1, 0.15) is 0 Å². The highest BCUT2D eigenvalue weighted by Crippen LogP contribution is 2.13. The summed E-state index contributed by atoms with van der Waals surface area (Å²) < 4.78 is 5.01. The minimum Gasteiger partial charge on any atom is -0.459 e. The van der Waals surface area contributed by atoms with Crippen molar-refractivity contribution in [2.75, 3.05) is 11.9 Å². The quantitative estimate of drug-likeness (QED) is 0.761. The van der Waals surface area contributed by atoms with Crippen molar-refractivity contribution in [3.8, 4) is 0 Å². The third kappa shape index (κ3) is 3.95. The molecule has 0 bridgehead atoms. The molecule has 0 aliphatic rings. The molecule has 0 aliphatic heterocycles. The first-order valence-corrected chi connectivity index (χ1v) is 7.00. The van der Waals surface area contributed by atoms with E-state index >= 15 is 0 Å². The van der Waals surface area contributed by atoms with Crippen molar-refractivity contribution in [2.45, 2.75) is 19.4 Å². The van der Waals surface area contributed by atoms with Crippen LogP contribution in [0.2, 0.25) is 0 Å². The third-order valence-electron chi connectivity index (χ3n) is 3.18. The lowest BCUT2D eigenvalue weighted by Crippen LogP contribution is -2.36. The second-order valence-corrected chi connectivity index (χ2v) is 4.77. The zero-order chi connectivity index (χ0) is 15.9. The van der Waals surface area contributed by atoms with Crippen LogP contribution in [0.25, 0.3) is 0 Å². The molecule has 0 spiro atoms. The molecule has 1 atom stereocenters. The highest BCUT2D eigenvalue weighted by Gasteiger charge is 2.13. The van der Waals surface area contributed by atoms with Crippen molar-refractivity contribution in [3.05, 3.63) is 54.0 Å². The van der Waals surface area contributed by atoms with Crippen molar-refractivity contribution in [2.24, 2.45) is 0 Å². The predicted molar refractivity (Wildman–Crippen MR) is 81.7 cm³/mol. The predicted octanol–water partition coefficient (Wildman–Crippen LogP) is 2.03. The van der Waals surface area contributed by atoms with E-state index in [2.05, 4.69) is 10.6 Å². The molecular weight excluding hydrogens is 284 g/mol. The molecule has 2 amide bonds. The maximum atomic E-state index is 12.1. The Labute approximate surface area is 128 Å². The number of carbonyl (C=O) groups excluding carboxylic acids is 2. The maximum Gasteiger partial charge on any atom is 0.291 e. The first kappa shape index (κ1) is 15.8. The molecule has 116 valence electrons. The Balaban J connectivity index is 2.06. The number of nitrogens with one attached hydrogen (secondary N) is 2. The normalized spacial score (nSPS) is 11.7. The summed E-state index contributed by atoms with van der Waals surface area (Å²) in [6.45, 7) is 1.76. The van der Waals surface area contributed by atoms with Gasteiger partial charge in [0.25, 0.3) is 11.8 Å². The molecule has 6 heteroatoms. The van der Waals surface area contributed by atoms with Crippen LogP contribution in [0.3, 0.4) is 0 Å². The fourth-order valence-electron chi connectivity index (χ4n) is 1.88. The Morgan fingerprint density at radius 2 is 2.05 bits per heavy atom. The Hall–Kier alpha value is -2.60. The highest BCUT2D eigenvalue weighted by atomic mass is 16.3. The number of aliphatic hydroxyl groups is 1. The fourth-order valence-corrected chi connectivity index (χ4v) is 1.88. The first-order chi connectivity index (χ1) is 10.6. The summed E-state index contributed by atoms with van der Waals surface area (Å²) in [6, 6.07) is 9.46. The molecule has 0 aliphatic carbocycles. The maximum absolute atomic E-state index is 12.1. The van der Waals surface area contributed by atoms with E-state index in [9.17, 15) is 9.59 Å². The molecule has 22 heavy (non-hydrogen) atoms. The van der Waals surface area contributed by atoms with E-state index in [1.54, 1.807) is 36.4 Å². The lowest BCUT2D eigenvalue weighted by Gasteiger charge is -2.14. The van der Waals surface area contributed by atoms with Crippen LogP contribution in [0, 0.1) is 0 Å². The van der Waals surface area contributed by atoms with Crippen LogP contribution in [0.5, 0.6) is 0 Å². The summed E-state index contributed by atoms with van der Waals surface area (Å²) in [5, 5.41) is 14.5. The molecule has 3 N–H and O–H groups in total. The Kier molecular flexibility index (Phi) is 5.32. The van der Waals surface area contributed by atoms with Crippen LogP contribution >= 0.6 is 0 Å². The molecule has 1 heterocycles. The summed E-state index contributed by atoms with van der Waals surface area (Å²) in [6.07, 6.45) is 2.05. The van der Waals surface area contributed by atoms with E-state index in [1.165, 1.54) is 6.26 Å². The minimum absolute atomic E-state index is 0.114. The molecule has 6 nitrogen and oxygen atoms in total. The van der Waals surface area contributed by atoms with Gasteiger partial charge in [0.15, 0.2) is 5.76 Å². The van der Waals surface area contributed by atoms with E-state index in [4.69, 9.17) is 9.52 Å². The number of hydrogen-bond acceptors (Lipinski definition) is 4. The number of rotatable bonds is 6. The molecule has 0 radical (unpaired) electrons. The van der Waals surface area contributed by atoms with Gasteiger partial charge in [0.2, 0.25) is 0 Å². The topological polar surface area (TPSA) is 91.6 Å². The molecule has 1 unspecified atom stereocenters. The molecule has 2 rings (SSSR count). The van der Waals surface area contributed by atoms with E-state index in [1.807, 2.05) is 6.92 Å². The van der Waals surface area contributed by atoms with Gasteiger partial charge in [0.05, 0.1) is 18.9 Å². The number of benzene rings is 1. The molecule has 1 aromatic heterocycles. The van der Waals surface area contributed by atoms with Crippen molar-refractivity contribution in [3.63, 3.8) is 0 Å². The molecule has 1 aromatic carbocycles. The molecular formula is C16H18N2O4. The monoisotopic (exact) mass is 302 g/mol. The van der Waals surface area contributed by atoms with Gasteiger partial charge in [0, 0.05) is 11.3 Å². The second kappa shape index (κ2) is 7.42. The average molecular weight is 302 g/mol. The van der Waals surface area contributed by atoms with Gasteiger partial charge in [-0.05, 0) is 36.8 Å². The van der Waals surface area contributed by atoms with Gasteiger partial charge in [-0.3, -0.25) is 9.59 Å². The van der Waals surface area contributed by atoms with E-state index in [0.29, 0.717) is 17.7 Å². The number of furan rings is 1. The van der Waals surface area contributed by atoms with Crippen LogP contribution in [-0.4, -0.2) is 29.6 Å². The fraction of sp³-hybridized carbons (Fsp3) is 0.250. The lowest BCUT2D eigenvalue weighted by atomic mass is 10.1. The highest BCUT2D eigenvalue weighted by molar-refractivity contribution is 6.03. The molecule has 0 saturated heterocycles. The van der Waals surface area contributed by atoms with Gasteiger partial charge in [-0.25, -0.2) is 0 Å². The van der Waals surface area contributed by atoms with Crippen molar-refractivity contribution < 1.29 is 19.1 Å². The Morgan fingerprint density at radius 3 is 2.68 bits per heavy atom. The zero-order valence-corrected chi connectivity index (χ0v) is 12.2. The summed E-state index contributed by atoms with van der Waals surface area (Å²) in [7, 11) is 0. The SMILES string of the molecule is CCC(CO)NC(=O)c1cccc(NC(=O)c2ccco2)c1. The summed E-state index contributed by atoms with van der Waals surface area (Å²) >= 11 is 0. The molecule has 2 aromatic rings. The van der Waals surface area contributed by atoms with Gasteiger partial charge in [-0.15, -0.1) is 0 Å². The zero-order valence-electron chi connectivity index (χ0n) is 12.2. The van der Waals surface area contributed by atoms with Crippen molar-refractivity contribution in [1.82, 2.24) is 5.32 Å². The average Bonchev–Trinajstić information content (AvgIpc) is 3.07. The van der Waals surface area contributed by atoms with Gasteiger partial charge < -0.3 is 20.2 Å². The number of hydrogen-bond donors (Lipinski definition) is 3. The minimum atomic E-state index is -0.385. The lowest BCUT2D eigenvalue weighted by molar-refractivity contribution is 0.0914. The van der Waals surface area contributed by atoms with E-state index < -0.39 is 0 Å². The second-order valence-electron chi connectivity index (χ2n) is 4.77. The smallest absolute Gasteiger partial charge is 0.291 e. The van der Waals surface area contributed by atoms with Crippen LogP contribution in [-0.2, 0) is 0 Å². The van der Waals surface area contributed by atoms with Crippen LogP contribution in [0.1, 0.15) is 34.3 Å². The largest absolute Gasteiger partial charge is 0.459 e. The Bertz CT molecular complexity index is 633. The van der Waals surface area contributed by atoms with Crippen molar-refractivity contribution >= 4 is 17.5 Å². The summed E-state index contributed by atoms with van der Waals surface area (Å²) in [5.41, 5.74) is 0.898. The van der Waals surface area contributed by atoms with Crippen LogP contribution in [0.15, 0.2) is 47.1 Å². The van der Waals surface area contributed by atoms with E-state index in [0.717, 1.165) is 0 Å². The molecule has 0 fully saturated rings. The number of aliphatic hydroxyl groups excluding tert-OH is 1. The number of amides is 2. The van der Waals surface area contributed by atoms with Crippen molar-refractivity contribution in [1.29, 1.82) is 0 Å². The number of carbonyl (C=O) groups is 2.